The Morgan fingerprint density at radius 3 is 2.94 bits per heavy atom. The standard InChI is InChI=1S/C14H28N2O2/c1-17-8-9-18-14-5-3-7-16(12-14)11-13-4-2-6-15-10-13/h13-15H,2-12H2,1H3. The lowest BCUT2D eigenvalue weighted by Gasteiger charge is -2.36. The number of likely N-dealkylation sites (tertiary alicyclic amines) is 1. The number of methoxy groups -OCH3 is 1. The molecule has 0 saturated carbocycles. The van der Waals surface area contributed by atoms with Crippen molar-refractivity contribution in [3.05, 3.63) is 0 Å². The summed E-state index contributed by atoms with van der Waals surface area (Å²) in [5, 5.41) is 3.50. The van der Waals surface area contributed by atoms with Gasteiger partial charge in [0.25, 0.3) is 0 Å². The highest BCUT2D eigenvalue weighted by Crippen LogP contribution is 2.17. The Bertz CT molecular complexity index is 220. The third-order valence-electron chi connectivity index (χ3n) is 4.02. The molecule has 1 N–H and O–H groups in total. The Hall–Kier alpha value is -0.160. The Morgan fingerprint density at radius 1 is 1.22 bits per heavy atom. The van der Waals surface area contributed by atoms with Gasteiger partial charge in [0.15, 0.2) is 0 Å². The lowest BCUT2D eigenvalue weighted by atomic mass is 9.97. The molecule has 106 valence electrons. The first kappa shape index (κ1) is 14.3. The van der Waals surface area contributed by atoms with Crippen LogP contribution in [0.2, 0.25) is 0 Å². The van der Waals surface area contributed by atoms with Crippen LogP contribution in [0.1, 0.15) is 25.7 Å². The number of nitrogens with zero attached hydrogens (tertiary/aromatic N) is 1. The van der Waals surface area contributed by atoms with Crippen LogP contribution in [-0.2, 0) is 9.47 Å². The van der Waals surface area contributed by atoms with Crippen LogP contribution in [0.15, 0.2) is 0 Å². The molecule has 2 unspecified atom stereocenters. The number of piperidine rings is 2. The smallest absolute Gasteiger partial charge is 0.0704 e. The monoisotopic (exact) mass is 256 g/mol. The van der Waals surface area contributed by atoms with Crippen LogP contribution >= 0.6 is 0 Å². The van der Waals surface area contributed by atoms with E-state index in [9.17, 15) is 0 Å². The lowest BCUT2D eigenvalue weighted by Crippen LogP contribution is -2.45. The van der Waals surface area contributed by atoms with E-state index in [0.29, 0.717) is 12.7 Å². The average molecular weight is 256 g/mol. The van der Waals surface area contributed by atoms with Crippen LogP contribution in [0.5, 0.6) is 0 Å². The van der Waals surface area contributed by atoms with Gasteiger partial charge in [-0.1, -0.05) is 0 Å². The Labute approximate surface area is 111 Å². The van der Waals surface area contributed by atoms with Gasteiger partial charge in [-0.25, -0.2) is 0 Å². The predicted molar refractivity (Wildman–Crippen MR) is 72.9 cm³/mol. The van der Waals surface area contributed by atoms with Crippen molar-refractivity contribution in [3.8, 4) is 0 Å². The van der Waals surface area contributed by atoms with Gasteiger partial charge in [-0.3, -0.25) is 0 Å². The van der Waals surface area contributed by atoms with Crippen LogP contribution < -0.4 is 5.32 Å². The first-order chi connectivity index (χ1) is 8.88. The molecule has 2 aliphatic rings. The number of hydrogen-bond acceptors (Lipinski definition) is 4. The van der Waals surface area contributed by atoms with E-state index in [2.05, 4.69) is 10.2 Å². The van der Waals surface area contributed by atoms with Gasteiger partial charge in [0.05, 0.1) is 19.3 Å². The summed E-state index contributed by atoms with van der Waals surface area (Å²) in [6, 6.07) is 0. The summed E-state index contributed by atoms with van der Waals surface area (Å²) in [5.74, 6) is 0.844. The molecule has 2 atom stereocenters. The molecular formula is C14H28N2O2. The third kappa shape index (κ3) is 4.84. The highest BCUT2D eigenvalue weighted by molar-refractivity contribution is 4.78. The molecule has 0 spiro atoms. The van der Waals surface area contributed by atoms with Gasteiger partial charge >= 0.3 is 0 Å². The second kappa shape index (κ2) is 8.10. The van der Waals surface area contributed by atoms with Crippen LogP contribution in [0.3, 0.4) is 0 Å². The van der Waals surface area contributed by atoms with E-state index in [-0.39, 0.29) is 0 Å². The van der Waals surface area contributed by atoms with E-state index in [1.165, 1.54) is 51.9 Å². The Kier molecular flexibility index (Phi) is 6.41. The summed E-state index contributed by atoms with van der Waals surface area (Å²) >= 11 is 0. The zero-order valence-corrected chi connectivity index (χ0v) is 11.7. The summed E-state index contributed by atoms with van der Waals surface area (Å²) in [6.45, 7) is 7.46. The van der Waals surface area contributed by atoms with E-state index in [0.717, 1.165) is 19.1 Å². The summed E-state index contributed by atoms with van der Waals surface area (Å²) in [5.41, 5.74) is 0. The van der Waals surface area contributed by atoms with Gasteiger partial charge in [0.1, 0.15) is 0 Å². The Balaban J connectivity index is 1.65. The molecule has 0 aliphatic carbocycles. The van der Waals surface area contributed by atoms with E-state index in [4.69, 9.17) is 9.47 Å². The molecule has 18 heavy (non-hydrogen) atoms. The van der Waals surface area contributed by atoms with Crippen molar-refractivity contribution in [2.45, 2.75) is 31.8 Å². The highest BCUT2D eigenvalue weighted by Gasteiger charge is 2.23. The minimum Gasteiger partial charge on any atom is -0.382 e. The Morgan fingerprint density at radius 2 is 2.17 bits per heavy atom. The van der Waals surface area contributed by atoms with Crippen LogP contribution in [0.25, 0.3) is 0 Å². The number of ether oxygens (including phenoxy) is 2. The summed E-state index contributed by atoms with van der Waals surface area (Å²) in [6.07, 6.45) is 5.64. The number of rotatable bonds is 6. The molecule has 0 aromatic heterocycles. The van der Waals surface area contributed by atoms with Gasteiger partial charge in [-0.05, 0) is 51.2 Å². The zero-order chi connectivity index (χ0) is 12.6. The van der Waals surface area contributed by atoms with Gasteiger partial charge < -0.3 is 19.7 Å². The molecule has 2 aliphatic heterocycles. The third-order valence-corrected chi connectivity index (χ3v) is 4.02. The SMILES string of the molecule is COCCOC1CCCN(CC2CCCNC2)C1. The summed E-state index contributed by atoms with van der Waals surface area (Å²) in [7, 11) is 1.73. The fraction of sp³-hybridized carbons (Fsp3) is 1.00. The summed E-state index contributed by atoms with van der Waals surface area (Å²) in [4.78, 5) is 2.60. The molecule has 0 amide bonds. The van der Waals surface area contributed by atoms with Crippen LogP contribution in [0.4, 0.5) is 0 Å². The van der Waals surface area contributed by atoms with Crippen molar-refractivity contribution >= 4 is 0 Å². The molecule has 2 rings (SSSR count). The fourth-order valence-electron chi connectivity index (χ4n) is 3.06. The second-order valence-corrected chi connectivity index (χ2v) is 5.60. The maximum atomic E-state index is 5.86. The van der Waals surface area contributed by atoms with Gasteiger partial charge in [0.2, 0.25) is 0 Å². The molecule has 4 nitrogen and oxygen atoms in total. The topological polar surface area (TPSA) is 33.7 Å². The molecule has 2 heterocycles. The fourth-order valence-corrected chi connectivity index (χ4v) is 3.06. The molecular weight excluding hydrogens is 228 g/mol. The van der Waals surface area contributed by atoms with E-state index >= 15 is 0 Å². The van der Waals surface area contributed by atoms with Crippen molar-refractivity contribution in [1.29, 1.82) is 0 Å². The maximum Gasteiger partial charge on any atom is 0.0704 e. The van der Waals surface area contributed by atoms with Crippen LogP contribution in [-0.4, -0.2) is 64.1 Å². The van der Waals surface area contributed by atoms with Gasteiger partial charge in [-0.15, -0.1) is 0 Å². The largest absolute Gasteiger partial charge is 0.382 e. The molecule has 0 aromatic rings. The lowest BCUT2D eigenvalue weighted by molar-refractivity contribution is -0.0240. The van der Waals surface area contributed by atoms with Crippen molar-refractivity contribution in [2.75, 3.05) is 53.0 Å². The first-order valence-electron chi connectivity index (χ1n) is 7.42. The second-order valence-electron chi connectivity index (χ2n) is 5.60. The minimum atomic E-state index is 0.422. The molecule has 2 fully saturated rings. The predicted octanol–water partition coefficient (Wildman–Crippen LogP) is 1.11. The normalized spacial score (nSPS) is 30.5. The minimum absolute atomic E-state index is 0.422. The van der Waals surface area contributed by atoms with Gasteiger partial charge in [-0.2, -0.15) is 0 Å². The first-order valence-corrected chi connectivity index (χ1v) is 7.42. The molecule has 4 heteroatoms. The van der Waals surface area contributed by atoms with Crippen molar-refractivity contribution in [1.82, 2.24) is 10.2 Å². The molecule has 2 saturated heterocycles. The van der Waals surface area contributed by atoms with E-state index in [1.54, 1.807) is 7.11 Å². The zero-order valence-electron chi connectivity index (χ0n) is 11.7. The van der Waals surface area contributed by atoms with E-state index in [1.807, 2.05) is 0 Å². The quantitative estimate of drug-likeness (QED) is 0.722. The van der Waals surface area contributed by atoms with Crippen molar-refractivity contribution in [3.63, 3.8) is 0 Å². The average Bonchev–Trinajstić information content (AvgIpc) is 2.41. The molecule has 0 bridgehead atoms. The maximum absolute atomic E-state index is 5.86. The van der Waals surface area contributed by atoms with Crippen LogP contribution in [0, 0.1) is 5.92 Å². The number of nitrogens with one attached hydrogen (secondary N) is 1. The van der Waals surface area contributed by atoms with Crippen molar-refractivity contribution < 1.29 is 9.47 Å². The summed E-state index contributed by atoms with van der Waals surface area (Å²) < 4.78 is 10.9. The molecule has 0 aromatic carbocycles. The van der Waals surface area contributed by atoms with Crippen molar-refractivity contribution in [2.24, 2.45) is 5.92 Å². The highest BCUT2D eigenvalue weighted by atomic mass is 16.5. The van der Waals surface area contributed by atoms with E-state index < -0.39 is 0 Å². The number of hydrogen-bond donors (Lipinski definition) is 1. The molecule has 0 radical (unpaired) electrons. The van der Waals surface area contributed by atoms with Gasteiger partial charge in [0, 0.05) is 20.2 Å².